The summed E-state index contributed by atoms with van der Waals surface area (Å²) >= 11 is 0. The number of hydrogen-bond donors (Lipinski definition) is 4. The Kier molecular flexibility index (Phi) is 12.4. The smallest absolute Gasteiger partial charge is 0.309 e. The topological polar surface area (TPSA) is 149 Å². The summed E-state index contributed by atoms with van der Waals surface area (Å²) in [7, 11) is 0. The third-order valence-electron chi connectivity index (χ3n) is 16.9. The number of fused-ring (bicyclic) bond motifs is 7. The Hall–Kier alpha value is -2.66. The van der Waals surface area contributed by atoms with Gasteiger partial charge < -0.3 is 25.4 Å². The largest absolute Gasteiger partial charge is 0.481 e. The minimum Gasteiger partial charge on any atom is -0.481 e. The van der Waals surface area contributed by atoms with Crippen LogP contribution in [0.4, 0.5) is 0 Å². The van der Waals surface area contributed by atoms with E-state index in [1.165, 1.54) is 5.57 Å². The SMILES string of the molecule is CC(C)C1=C2C3CCC4C5(C)CCC(OC(=O)CC(C)(C)C(=O)O)C(C)(C)C5CCC4(C)C3(C)CCC2(C(O)CN(CCNCCO)Cc2ccccn2)CC1=O. The van der Waals surface area contributed by atoms with Crippen molar-refractivity contribution >= 4 is 17.7 Å². The van der Waals surface area contributed by atoms with Gasteiger partial charge in [-0.1, -0.05) is 60.1 Å². The molecule has 4 fully saturated rings. The molecule has 1 aromatic rings. The first-order valence-corrected chi connectivity index (χ1v) is 22.0. The molecule has 4 saturated carbocycles. The van der Waals surface area contributed by atoms with Crippen molar-refractivity contribution in [3.05, 3.63) is 41.2 Å². The van der Waals surface area contributed by atoms with Crippen LogP contribution < -0.4 is 5.32 Å². The van der Waals surface area contributed by atoms with Crippen LogP contribution in [-0.4, -0.2) is 87.9 Å². The first-order chi connectivity index (χ1) is 26.7. The Morgan fingerprint density at radius 3 is 2.37 bits per heavy atom. The van der Waals surface area contributed by atoms with Gasteiger partial charge in [0.2, 0.25) is 0 Å². The van der Waals surface area contributed by atoms with Gasteiger partial charge >= 0.3 is 11.9 Å². The number of Topliss-reactive ketones (excluding diaryl/α,β-unsaturated/α-hetero) is 1. The number of allylic oxidation sites excluding steroid dienone is 1. The number of aromatic nitrogens is 1. The normalized spacial score (nSPS) is 35.4. The molecule has 10 nitrogen and oxygen atoms in total. The molecule has 10 heteroatoms. The second-order valence-electron chi connectivity index (χ2n) is 21.1. The lowest BCUT2D eigenvalue weighted by Gasteiger charge is -2.72. The molecular formula is C47H73N3O7. The fourth-order valence-electron chi connectivity index (χ4n) is 13.7. The number of aliphatic carboxylic acids is 1. The molecule has 1 heterocycles. The van der Waals surface area contributed by atoms with Gasteiger partial charge in [0.25, 0.3) is 0 Å². The predicted octanol–water partition coefficient (Wildman–Crippen LogP) is 7.22. The van der Waals surface area contributed by atoms with Crippen LogP contribution in [0.3, 0.4) is 0 Å². The lowest BCUT2D eigenvalue weighted by Crippen LogP contribution is -2.66. The van der Waals surface area contributed by atoms with Crippen molar-refractivity contribution in [3.8, 4) is 0 Å². The number of carbonyl (C=O) groups excluding carboxylic acids is 2. The highest BCUT2D eigenvalue weighted by atomic mass is 16.5. The molecule has 6 rings (SSSR count). The predicted molar refractivity (Wildman–Crippen MR) is 221 cm³/mol. The van der Waals surface area contributed by atoms with Gasteiger partial charge in [-0.15, -0.1) is 0 Å². The number of ether oxygens (including phenoxy) is 1. The third-order valence-corrected chi connectivity index (χ3v) is 16.9. The van der Waals surface area contributed by atoms with Gasteiger partial charge in [0.1, 0.15) is 6.10 Å². The van der Waals surface area contributed by atoms with Gasteiger partial charge in [-0.05, 0) is 123 Å². The number of pyridine rings is 1. The number of nitrogens with one attached hydrogen (secondary N) is 1. The number of carbonyl (C=O) groups is 3. The maximum atomic E-state index is 14.3. The van der Waals surface area contributed by atoms with Gasteiger partial charge in [-0.25, -0.2) is 0 Å². The van der Waals surface area contributed by atoms with Gasteiger partial charge in [-0.2, -0.15) is 0 Å². The molecule has 4 N–H and O–H groups in total. The molecule has 0 aromatic carbocycles. The zero-order valence-corrected chi connectivity index (χ0v) is 36.5. The summed E-state index contributed by atoms with van der Waals surface area (Å²) < 4.78 is 6.19. The van der Waals surface area contributed by atoms with E-state index >= 15 is 0 Å². The molecule has 0 saturated heterocycles. The molecule has 0 radical (unpaired) electrons. The van der Waals surface area contributed by atoms with Crippen molar-refractivity contribution < 1.29 is 34.4 Å². The summed E-state index contributed by atoms with van der Waals surface area (Å²) in [5, 5.41) is 34.9. The van der Waals surface area contributed by atoms with E-state index in [4.69, 9.17) is 4.74 Å². The summed E-state index contributed by atoms with van der Waals surface area (Å²) in [4.78, 5) is 46.1. The first kappa shape index (κ1) is 43.9. The fourth-order valence-corrected chi connectivity index (χ4v) is 13.7. The first-order valence-electron chi connectivity index (χ1n) is 22.0. The maximum Gasteiger partial charge on any atom is 0.309 e. The van der Waals surface area contributed by atoms with Gasteiger partial charge in [0.15, 0.2) is 5.78 Å². The quantitative estimate of drug-likeness (QED) is 0.106. The molecule has 1 aromatic heterocycles. The Labute approximate surface area is 342 Å². The van der Waals surface area contributed by atoms with Crippen molar-refractivity contribution in [2.45, 2.75) is 145 Å². The van der Waals surface area contributed by atoms with E-state index in [2.05, 4.69) is 63.7 Å². The van der Waals surface area contributed by atoms with Crippen LogP contribution in [0.1, 0.15) is 132 Å². The van der Waals surface area contributed by atoms with Crippen molar-refractivity contribution in [1.29, 1.82) is 0 Å². The van der Waals surface area contributed by atoms with Crippen molar-refractivity contribution in [3.63, 3.8) is 0 Å². The minimum absolute atomic E-state index is 0.0213. The lowest BCUT2D eigenvalue weighted by molar-refractivity contribution is -0.235. The van der Waals surface area contributed by atoms with E-state index in [0.717, 1.165) is 62.6 Å². The molecule has 57 heavy (non-hydrogen) atoms. The second kappa shape index (κ2) is 16.1. The number of rotatable bonds is 15. The summed E-state index contributed by atoms with van der Waals surface area (Å²) in [6, 6.07) is 5.92. The van der Waals surface area contributed by atoms with Crippen molar-refractivity contribution in [2.75, 3.05) is 32.8 Å². The number of aliphatic hydroxyl groups excluding tert-OH is 2. The Morgan fingerprint density at radius 1 is 0.982 bits per heavy atom. The number of nitrogens with zero attached hydrogens (tertiary/aromatic N) is 2. The zero-order valence-electron chi connectivity index (χ0n) is 36.5. The van der Waals surface area contributed by atoms with Crippen LogP contribution in [0.5, 0.6) is 0 Å². The second-order valence-corrected chi connectivity index (χ2v) is 21.1. The standard InChI is InChI=1S/C47H73N3O7/c1-30(2)39-33(52)26-47(36(53)29-50(24-22-48-23-25-51)28-31-12-10-11-21-49-31)20-19-45(8)32(40(39)47)13-14-35-44(7)17-16-37(57-38(54)27-42(3,4)41(55)56)43(5,6)34(44)15-18-46(35,45)9/h10-12,21,30,32,34-37,48,51,53H,13-20,22-29H2,1-9H3,(H,55,56). The monoisotopic (exact) mass is 792 g/mol. The van der Waals surface area contributed by atoms with Crippen molar-refractivity contribution in [2.24, 2.45) is 56.2 Å². The molecule has 318 valence electrons. The Bertz CT molecular complexity index is 1690. The Balaban J connectivity index is 1.28. The molecule has 5 aliphatic carbocycles. The summed E-state index contributed by atoms with van der Waals surface area (Å²) in [6.45, 7) is 22.6. The molecule has 0 bridgehead atoms. The number of carboxylic acid groups (broad SMARTS) is 1. The number of esters is 1. The number of ketones is 1. The van der Waals surface area contributed by atoms with Crippen LogP contribution >= 0.6 is 0 Å². The van der Waals surface area contributed by atoms with Gasteiger partial charge in [-0.3, -0.25) is 24.3 Å². The Morgan fingerprint density at radius 2 is 1.72 bits per heavy atom. The van der Waals surface area contributed by atoms with Crippen molar-refractivity contribution in [1.82, 2.24) is 15.2 Å². The number of aliphatic hydroxyl groups is 2. The van der Waals surface area contributed by atoms with Gasteiger partial charge in [0, 0.05) is 56.2 Å². The fraction of sp³-hybridized carbons (Fsp3) is 0.787. The van der Waals surface area contributed by atoms with E-state index in [-0.39, 0.29) is 58.4 Å². The van der Waals surface area contributed by atoms with Gasteiger partial charge in [0.05, 0.1) is 30.2 Å². The average molecular weight is 792 g/mol. The van der Waals surface area contributed by atoms with Crippen LogP contribution in [0.15, 0.2) is 35.5 Å². The van der Waals surface area contributed by atoms with E-state index in [9.17, 15) is 29.7 Å². The van der Waals surface area contributed by atoms with E-state index in [1.54, 1.807) is 20.0 Å². The molecule has 0 aliphatic heterocycles. The highest BCUT2D eigenvalue weighted by Gasteiger charge is 2.71. The van der Waals surface area contributed by atoms with E-state index < -0.39 is 28.9 Å². The summed E-state index contributed by atoms with van der Waals surface area (Å²) in [5.74, 6) is -0.104. The highest BCUT2D eigenvalue weighted by Crippen LogP contribution is 2.77. The van der Waals surface area contributed by atoms with Crippen LogP contribution in [0.2, 0.25) is 0 Å². The summed E-state index contributed by atoms with van der Waals surface area (Å²) in [5.41, 5.74) is 1.16. The third kappa shape index (κ3) is 7.56. The van der Waals surface area contributed by atoms with Crippen LogP contribution in [0, 0.1) is 56.2 Å². The highest BCUT2D eigenvalue weighted by molar-refractivity contribution is 6.00. The number of carboxylic acids is 1. The average Bonchev–Trinajstić information content (AvgIpc) is 3.45. The lowest BCUT2D eigenvalue weighted by atomic mass is 9.33. The van der Waals surface area contributed by atoms with Crippen LogP contribution in [0.25, 0.3) is 0 Å². The molecule has 9 unspecified atom stereocenters. The molecule has 9 atom stereocenters. The van der Waals surface area contributed by atoms with Crippen LogP contribution in [-0.2, 0) is 25.7 Å². The minimum atomic E-state index is -1.18. The maximum absolute atomic E-state index is 14.3. The molecule has 0 amide bonds. The molecule has 5 aliphatic rings. The zero-order chi connectivity index (χ0) is 41.8. The molecular weight excluding hydrogens is 719 g/mol. The summed E-state index contributed by atoms with van der Waals surface area (Å²) in [6.07, 6.45) is 8.70. The number of hydrogen-bond acceptors (Lipinski definition) is 9. The molecule has 0 spiro atoms. The van der Waals surface area contributed by atoms with E-state index in [0.29, 0.717) is 51.0 Å². The van der Waals surface area contributed by atoms with E-state index in [1.807, 2.05) is 18.2 Å².